The van der Waals surface area contributed by atoms with E-state index >= 15 is 0 Å². The van der Waals surface area contributed by atoms with Crippen LogP contribution in [0.25, 0.3) is 0 Å². The minimum Gasteiger partial charge on any atom is -0.389 e. The highest BCUT2D eigenvalue weighted by Crippen LogP contribution is 2.16. The summed E-state index contributed by atoms with van der Waals surface area (Å²) >= 11 is 5.85. The molecule has 0 aliphatic heterocycles. The Balaban J connectivity index is 2.67. The predicted octanol–water partition coefficient (Wildman–Crippen LogP) is 3.14. The Hall–Kier alpha value is -1.06. The summed E-state index contributed by atoms with van der Waals surface area (Å²) in [5.74, 6) is -0.0388. The maximum absolute atomic E-state index is 12.4. The lowest BCUT2D eigenvalue weighted by Gasteiger charge is -2.30. The van der Waals surface area contributed by atoms with Crippen LogP contribution in [0, 0.1) is 5.92 Å². The van der Waals surface area contributed by atoms with Crippen molar-refractivity contribution >= 4 is 17.5 Å². The molecule has 0 fully saturated rings. The van der Waals surface area contributed by atoms with Gasteiger partial charge in [-0.05, 0) is 44.9 Å². The van der Waals surface area contributed by atoms with Crippen LogP contribution in [-0.2, 0) is 11.2 Å². The Morgan fingerprint density at radius 1 is 1.35 bits per heavy atom. The average molecular weight is 298 g/mol. The number of halogens is 1. The maximum atomic E-state index is 12.4. The fraction of sp³-hybridized carbons (Fsp3) is 0.562. The molecular weight excluding hydrogens is 274 g/mol. The summed E-state index contributed by atoms with van der Waals surface area (Å²) in [5, 5.41) is 10.6. The zero-order chi connectivity index (χ0) is 15.3. The van der Waals surface area contributed by atoms with Crippen LogP contribution in [0.2, 0.25) is 5.02 Å². The first-order valence-electron chi connectivity index (χ1n) is 6.98. The molecule has 1 aromatic rings. The van der Waals surface area contributed by atoms with Gasteiger partial charge >= 0.3 is 0 Å². The number of carbonyl (C=O) groups excluding carboxylic acids is 1. The molecule has 3 nitrogen and oxygen atoms in total. The molecule has 1 unspecified atom stereocenters. The van der Waals surface area contributed by atoms with E-state index in [1.807, 2.05) is 38.1 Å². The number of aliphatic hydroxyl groups is 1. The van der Waals surface area contributed by atoms with Gasteiger partial charge < -0.3 is 10.0 Å². The highest BCUT2D eigenvalue weighted by Gasteiger charge is 2.24. The second-order valence-electron chi connectivity index (χ2n) is 5.90. The molecule has 1 atom stereocenters. The van der Waals surface area contributed by atoms with Crippen LogP contribution in [0.5, 0.6) is 0 Å². The summed E-state index contributed by atoms with van der Waals surface area (Å²) in [6.45, 7) is 8.24. The second kappa shape index (κ2) is 7.09. The number of rotatable bonds is 6. The number of nitrogens with zero attached hydrogens (tertiary/aromatic N) is 1. The van der Waals surface area contributed by atoms with Crippen molar-refractivity contribution < 1.29 is 9.90 Å². The van der Waals surface area contributed by atoms with E-state index in [1.54, 1.807) is 18.7 Å². The van der Waals surface area contributed by atoms with Gasteiger partial charge in [0.1, 0.15) is 0 Å². The third-order valence-electron chi connectivity index (χ3n) is 3.15. The molecule has 1 aromatic carbocycles. The predicted molar refractivity (Wildman–Crippen MR) is 82.9 cm³/mol. The summed E-state index contributed by atoms with van der Waals surface area (Å²) in [6.07, 6.45) is 0.679. The fourth-order valence-corrected chi connectivity index (χ4v) is 2.31. The summed E-state index contributed by atoms with van der Waals surface area (Å²) in [4.78, 5) is 14.1. The fourth-order valence-electron chi connectivity index (χ4n) is 2.19. The van der Waals surface area contributed by atoms with Crippen molar-refractivity contribution in [3.63, 3.8) is 0 Å². The van der Waals surface area contributed by atoms with Crippen LogP contribution in [0.15, 0.2) is 24.3 Å². The Morgan fingerprint density at radius 2 is 1.90 bits per heavy atom. The van der Waals surface area contributed by atoms with E-state index in [2.05, 4.69) is 0 Å². The van der Waals surface area contributed by atoms with Gasteiger partial charge in [-0.1, -0.05) is 30.7 Å². The van der Waals surface area contributed by atoms with E-state index in [4.69, 9.17) is 11.6 Å². The average Bonchev–Trinajstić information content (AvgIpc) is 2.36. The summed E-state index contributed by atoms with van der Waals surface area (Å²) in [7, 11) is 0. The molecule has 0 bridgehead atoms. The summed E-state index contributed by atoms with van der Waals surface area (Å²) < 4.78 is 0. The van der Waals surface area contributed by atoms with E-state index in [0.717, 1.165) is 5.56 Å². The van der Waals surface area contributed by atoms with Crippen molar-refractivity contribution in [3.8, 4) is 0 Å². The van der Waals surface area contributed by atoms with Gasteiger partial charge in [-0.2, -0.15) is 0 Å². The van der Waals surface area contributed by atoms with E-state index in [0.29, 0.717) is 24.5 Å². The number of hydrogen-bond donors (Lipinski definition) is 1. The molecule has 1 rings (SSSR count). The van der Waals surface area contributed by atoms with Gasteiger partial charge in [-0.3, -0.25) is 4.79 Å². The van der Waals surface area contributed by atoms with Crippen LogP contribution in [0.3, 0.4) is 0 Å². The highest BCUT2D eigenvalue weighted by atomic mass is 35.5. The van der Waals surface area contributed by atoms with Crippen LogP contribution in [0.1, 0.15) is 33.3 Å². The van der Waals surface area contributed by atoms with Gasteiger partial charge in [0.15, 0.2) is 0 Å². The molecule has 0 saturated carbocycles. The van der Waals surface area contributed by atoms with Crippen molar-refractivity contribution in [3.05, 3.63) is 34.9 Å². The smallest absolute Gasteiger partial charge is 0.225 e. The molecule has 0 saturated heterocycles. The first-order valence-corrected chi connectivity index (χ1v) is 7.36. The van der Waals surface area contributed by atoms with Gasteiger partial charge in [-0.15, -0.1) is 0 Å². The third-order valence-corrected chi connectivity index (χ3v) is 3.40. The van der Waals surface area contributed by atoms with Gasteiger partial charge in [0.25, 0.3) is 0 Å². The number of carbonyl (C=O) groups is 1. The summed E-state index contributed by atoms with van der Waals surface area (Å²) in [5.41, 5.74) is 0.223. The minimum atomic E-state index is -0.869. The molecule has 0 radical (unpaired) electrons. The van der Waals surface area contributed by atoms with Crippen molar-refractivity contribution in [2.75, 3.05) is 13.1 Å². The Morgan fingerprint density at radius 3 is 2.35 bits per heavy atom. The van der Waals surface area contributed by atoms with Crippen molar-refractivity contribution in [2.24, 2.45) is 5.92 Å². The van der Waals surface area contributed by atoms with Crippen LogP contribution >= 0.6 is 11.6 Å². The monoisotopic (exact) mass is 297 g/mol. The quantitative estimate of drug-likeness (QED) is 0.876. The Labute approximate surface area is 126 Å². The van der Waals surface area contributed by atoms with E-state index in [1.165, 1.54) is 0 Å². The lowest BCUT2D eigenvalue weighted by atomic mass is 9.99. The molecule has 1 amide bonds. The van der Waals surface area contributed by atoms with E-state index in [9.17, 15) is 9.90 Å². The molecule has 0 heterocycles. The lowest BCUT2D eigenvalue weighted by molar-refractivity contribution is -0.137. The first kappa shape index (κ1) is 17.0. The molecular formula is C16H24ClNO2. The van der Waals surface area contributed by atoms with E-state index < -0.39 is 5.60 Å². The van der Waals surface area contributed by atoms with Crippen LogP contribution in [-0.4, -0.2) is 34.6 Å². The normalized spacial score (nSPS) is 13.1. The highest BCUT2D eigenvalue weighted by molar-refractivity contribution is 6.30. The topological polar surface area (TPSA) is 40.5 Å². The number of amides is 1. The molecule has 0 aliphatic rings. The number of likely N-dealkylation sites (N-methyl/N-ethyl adjacent to an activating group) is 1. The maximum Gasteiger partial charge on any atom is 0.225 e. The Bertz CT molecular complexity index is 437. The van der Waals surface area contributed by atoms with Crippen LogP contribution < -0.4 is 0 Å². The van der Waals surface area contributed by atoms with Crippen LogP contribution in [0.4, 0.5) is 0 Å². The SMILES string of the molecule is CCN(CC(C)(C)O)C(=O)C(C)Cc1ccc(Cl)cc1. The zero-order valence-corrected chi connectivity index (χ0v) is 13.4. The first-order chi connectivity index (χ1) is 9.23. The second-order valence-corrected chi connectivity index (χ2v) is 6.33. The molecule has 0 aliphatic carbocycles. The summed E-state index contributed by atoms with van der Waals surface area (Å²) in [6, 6.07) is 7.56. The van der Waals surface area contributed by atoms with Gasteiger partial charge in [0.2, 0.25) is 5.91 Å². The molecule has 0 spiro atoms. The van der Waals surface area contributed by atoms with Gasteiger partial charge in [-0.25, -0.2) is 0 Å². The lowest BCUT2D eigenvalue weighted by Crippen LogP contribution is -2.44. The van der Waals surface area contributed by atoms with E-state index in [-0.39, 0.29) is 11.8 Å². The Kier molecular flexibility index (Phi) is 6.03. The molecule has 112 valence electrons. The third kappa shape index (κ3) is 5.51. The number of benzene rings is 1. The molecule has 1 N–H and O–H groups in total. The minimum absolute atomic E-state index is 0.0737. The van der Waals surface area contributed by atoms with Crippen molar-refractivity contribution in [1.29, 1.82) is 0 Å². The molecule has 4 heteroatoms. The molecule has 0 aromatic heterocycles. The van der Waals surface area contributed by atoms with Crippen molar-refractivity contribution in [2.45, 2.75) is 39.7 Å². The largest absolute Gasteiger partial charge is 0.389 e. The standard InChI is InChI=1S/C16H24ClNO2/c1-5-18(11-16(3,4)20)15(19)12(2)10-13-6-8-14(17)9-7-13/h6-9,12,20H,5,10-11H2,1-4H3. The van der Waals surface area contributed by atoms with Crippen molar-refractivity contribution in [1.82, 2.24) is 4.90 Å². The number of hydrogen-bond acceptors (Lipinski definition) is 2. The van der Waals surface area contributed by atoms with Gasteiger partial charge in [0.05, 0.1) is 5.60 Å². The molecule has 20 heavy (non-hydrogen) atoms. The van der Waals surface area contributed by atoms with Gasteiger partial charge in [0, 0.05) is 24.0 Å². The zero-order valence-electron chi connectivity index (χ0n) is 12.7.